The van der Waals surface area contributed by atoms with Gasteiger partial charge in [-0.25, -0.2) is 0 Å². The standard InChI is InChI=1S/2CH3.2H2O.Ti/h2*1H3;2*1H2;/q2*-1;;;+4/p-2. The minimum absolute atomic E-state index is 0. The molecule has 2 N–H and O–H groups in total. The second kappa shape index (κ2) is 152. The molecule has 0 aromatic carbocycles. The third-order valence-electron chi connectivity index (χ3n) is 0. The van der Waals surface area contributed by atoms with Gasteiger partial charge in [-0.05, 0) is 0 Å². The molecule has 32 valence electrons. The Morgan fingerprint density at radius 1 is 0.600 bits per heavy atom. The van der Waals surface area contributed by atoms with Crippen molar-refractivity contribution in [3.8, 4) is 0 Å². The average Bonchev–Trinajstić information content (AvgIpc) is 0. The predicted octanol–water partition coefficient (Wildman–Crippen LogP) is 0.544. The van der Waals surface area contributed by atoms with Crippen LogP contribution in [0.5, 0.6) is 0 Å². The second-order valence-corrected chi connectivity index (χ2v) is 0. The minimum atomic E-state index is 0. The van der Waals surface area contributed by atoms with Gasteiger partial charge in [-0.2, -0.15) is 0 Å². The molecular weight excluding hydrogens is 104 g/mol. The molecule has 0 fully saturated rings. The average molecular weight is 112 g/mol. The van der Waals surface area contributed by atoms with Crippen molar-refractivity contribution in [2.75, 3.05) is 0 Å². The van der Waals surface area contributed by atoms with Crippen LogP contribution >= 0.6 is 0 Å². The van der Waals surface area contributed by atoms with Crippen molar-refractivity contribution in [1.82, 2.24) is 0 Å². The van der Waals surface area contributed by atoms with Gasteiger partial charge in [0.25, 0.3) is 0 Å². The van der Waals surface area contributed by atoms with Gasteiger partial charge in [-0.15, -0.1) is 0 Å². The summed E-state index contributed by atoms with van der Waals surface area (Å²) in [7, 11) is 0. The molecule has 0 atom stereocenters. The molecule has 0 radical (unpaired) electrons. The van der Waals surface area contributed by atoms with Crippen molar-refractivity contribution < 1.29 is 32.7 Å². The topological polar surface area (TPSA) is 60.0 Å². The van der Waals surface area contributed by atoms with Crippen LogP contribution in [0.3, 0.4) is 0 Å². The zero-order valence-corrected chi connectivity index (χ0v) is 4.96. The van der Waals surface area contributed by atoms with E-state index in [1.54, 1.807) is 0 Å². The normalized spacial score (nSPS) is 0. The summed E-state index contributed by atoms with van der Waals surface area (Å²) in [5, 5.41) is 0. The van der Waals surface area contributed by atoms with Gasteiger partial charge in [0.2, 0.25) is 0 Å². The maximum Gasteiger partial charge on any atom is 4.00 e. The Labute approximate surface area is 48.1 Å². The Morgan fingerprint density at radius 2 is 0.600 bits per heavy atom. The van der Waals surface area contributed by atoms with Gasteiger partial charge in [-0.3, -0.25) is 0 Å². The number of rotatable bonds is 0. The van der Waals surface area contributed by atoms with Crippen molar-refractivity contribution in [2.24, 2.45) is 0 Å². The van der Waals surface area contributed by atoms with Crippen LogP contribution in [0, 0.1) is 14.9 Å². The molecule has 3 heteroatoms. The van der Waals surface area contributed by atoms with Gasteiger partial charge < -0.3 is 25.8 Å². The minimum Gasteiger partial charge on any atom is -0.870 e. The van der Waals surface area contributed by atoms with E-state index >= 15 is 0 Å². The molecule has 0 amide bonds. The van der Waals surface area contributed by atoms with Gasteiger partial charge in [0.1, 0.15) is 0 Å². The van der Waals surface area contributed by atoms with E-state index in [4.69, 9.17) is 0 Å². The largest absolute Gasteiger partial charge is 4.00 e. The molecule has 0 heterocycles. The van der Waals surface area contributed by atoms with E-state index in [0.717, 1.165) is 0 Å². The van der Waals surface area contributed by atoms with Crippen LogP contribution in [0.4, 0.5) is 0 Å². The molecule has 0 aliphatic heterocycles. The molecule has 0 aromatic rings. The number of hydrogen-bond acceptors (Lipinski definition) is 2. The molecule has 0 spiro atoms. The third kappa shape index (κ3) is 79.9. The first-order chi connectivity index (χ1) is 0. The van der Waals surface area contributed by atoms with Crippen molar-refractivity contribution in [1.29, 1.82) is 0 Å². The Balaban J connectivity index is 0. The summed E-state index contributed by atoms with van der Waals surface area (Å²) in [4.78, 5) is 0. The molecule has 2 nitrogen and oxygen atoms in total. The van der Waals surface area contributed by atoms with E-state index in [9.17, 15) is 0 Å². The molecule has 0 rings (SSSR count). The van der Waals surface area contributed by atoms with E-state index in [0.29, 0.717) is 0 Å². The maximum atomic E-state index is 0. The third-order valence-corrected chi connectivity index (χ3v) is 0. The summed E-state index contributed by atoms with van der Waals surface area (Å²) in [6, 6.07) is 0. The maximum absolute atomic E-state index is 0. The molecule has 0 saturated heterocycles. The predicted molar refractivity (Wildman–Crippen MR) is 16.7 cm³/mol. The zero-order chi connectivity index (χ0) is 0. The second-order valence-electron chi connectivity index (χ2n) is 0. The van der Waals surface area contributed by atoms with Crippen LogP contribution < -0.4 is 0 Å². The summed E-state index contributed by atoms with van der Waals surface area (Å²) in [5.41, 5.74) is 0. The van der Waals surface area contributed by atoms with Gasteiger partial charge in [0.05, 0.1) is 0 Å². The quantitative estimate of drug-likeness (QED) is 0.339. The fourth-order valence-electron chi connectivity index (χ4n) is 0. The first-order valence-electron chi connectivity index (χ1n) is 0. The molecule has 0 bridgehead atoms. The molecular formula is C2H8O2Ti. The van der Waals surface area contributed by atoms with Gasteiger partial charge in [-0.1, -0.05) is 0 Å². The Kier molecular flexibility index (Phi) is 9150. The molecule has 0 aromatic heterocycles. The van der Waals surface area contributed by atoms with E-state index in [1.807, 2.05) is 0 Å². The van der Waals surface area contributed by atoms with Crippen LogP contribution in [0.15, 0.2) is 0 Å². The fourth-order valence-corrected chi connectivity index (χ4v) is 0. The Bertz CT molecular complexity index is 7.61. The van der Waals surface area contributed by atoms with Crippen molar-refractivity contribution >= 4 is 0 Å². The van der Waals surface area contributed by atoms with Crippen molar-refractivity contribution in [3.63, 3.8) is 0 Å². The first kappa shape index (κ1) is 301. The van der Waals surface area contributed by atoms with Crippen LogP contribution in [0.1, 0.15) is 0 Å². The SMILES string of the molecule is [CH3-].[CH3-].[OH-].[OH-].[Ti+4]. The monoisotopic (exact) mass is 112 g/mol. The van der Waals surface area contributed by atoms with Crippen molar-refractivity contribution in [3.05, 3.63) is 14.9 Å². The van der Waals surface area contributed by atoms with Gasteiger partial charge in [0, 0.05) is 0 Å². The summed E-state index contributed by atoms with van der Waals surface area (Å²) < 4.78 is 0. The summed E-state index contributed by atoms with van der Waals surface area (Å²) >= 11 is 0. The fraction of sp³-hybridized carbons (Fsp3) is 0. The Hall–Kier alpha value is 0.634. The van der Waals surface area contributed by atoms with Gasteiger partial charge in [0.15, 0.2) is 0 Å². The molecule has 0 aliphatic carbocycles. The first-order valence-corrected chi connectivity index (χ1v) is 0. The molecule has 0 aliphatic rings. The number of hydrogen-bond donors (Lipinski definition) is 0. The molecule has 0 unspecified atom stereocenters. The van der Waals surface area contributed by atoms with E-state index in [2.05, 4.69) is 0 Å². The van der Waals surface area contributed by atoms with Crippen molar-refractivity contribution in [2.45, 2.75) is 0 Å². The zero-order valence-electron chi connectivity index (χ0n) is 3.39. The van der Waals surface area contributed by atoms with E-state index in [-0.39, 0.29) is 47.5 Å². The van der Waals surface area contributed by atoms with Crippen LogP contribution in [-0.4, -0.2) is 11.0 Å². The molecule has 5 heavy (non-hydrogen) atoms. The summed E-state index contributed by atoms with van der Waals surface area (Å²) in [6.45, 7) is 0. The van der Waals surface area contributed by atoms with E-state index in [1.165, 1.54) is 0 Å². The molecule has 0 saturated carbocycles. The van der Waals surface area contributed by atoms with Crippen LogP contribution in [0.25, 0.3) is 0 Å². The summed E-state index contributed by atoms with van der Waals surface area (Å²) in [6.07, 6.45) is 0. The van der Waals surface area contributed by atoms with Gasteiger partial charge >= 0.3 is 21.7 Å². The van der Waals surface area contributed by atoms with Crippen LogP contribution in [-0.2, 0) is 21.7 Å². The summed E-state index contributed by atoms with van der Waals surface area (Å²) in [5.74, 6) is 0. The van der Waals surface area contributed by atoms with Crippen LogP contribution in [0.2, 0.25) is 0 Å². The smallest absolute Gasteiger partial charge is 0.870 e. The Morgan fingerprint density at radius 3 is 0.600 bits per heavy atom. The van der Waals surface area contributed by atoms with E-state index < -0.39 is 0 Å².